The predicted molar refractivity (Wildman–Crippen MR) is 75.2 cm³/mol. The van der Waals surface area contributed by atoms with Gasteiger partial charge in [-0.2, -0.15) is 0 Å². The van der Waals surface area contributed by atoms with E-state index in [1.807, 2.05) is 0 Å². The molecule has 0 saturated carbocycles. The van der Waals surface area contributed by atoms with E-state index in [0.29, 0.717) is 0 Å². The second-order valence-electron chi connectivity index (χ2n) is 4.14. The van der Waals surface area contributed by atoms with Gasteiger partial charge in [0.15, 0.2) is 10.2 Å². The Balaban J connectivity index is 1.56. The molecule has 17 heavy (non-hydrogen) atoms. The highest BCUT2D eigenvalue weighted by Crippen LogP contribution is 1.96. The monoisotopic (exact) mass is 274 g/mol. The molecule has 0 aromatic heterocycles. The molecule has 8 heteroatoms. The van der Waals surface area contributed by atoms with Gasteiger partial charge in [-0.05, 0) is 30.9 Å². The zero-order valence-electron chi connectivity index (χ0n) is 9.66. The molecule has 4 N–H and O–H groups in total. The molecule has 0 aromatic carbocycles. The van der Waals surface area contributed by atoms with Crippen LogP contribution in [0.5, 0.6) is 0 Å². The Morgan fingerprint density at radius 2 is 1.12 bits per heavy atom. The van der Waals surface area contributed by atoms with Crippen LogP contribution in [0.3, 0.4) is 0 Å². The van der Waals surface area contributed by atoms with E-state index in [1.54, 1.807) is 0 Å². The Morgan fingerprint density at radius 3 is 1.47 bits per heavy atom. The van der Waals surface area contributed by atoms with Gasteiger partial charge in [0.25, 0.3) is 0 Å². The van der Waals surface area contributed by atoms with Crippen LogP contribution in [-0.4, -0.2) is 59.8 Å². The Bertz CT molecular complexity index is 249. The van der Waals surface area contributed by atoms with Gasteiger partial charge >= 0.3 is 0 Å². The molecule has 0 aliphatic carbocycles. The minimum atomic E-state index is 0.749. The molecular formula is C9H18N6S2. The van der Waals surface area contributed by atoms with E-state index in [1.165, 1.54) is 0 Å². The second kappa shape index (κ2) is 6.29. The molecule has 0 amide bonds. The Kier molecular flexibility index (Phi) is 4.72. The van der Waals surface area contributed by atoms with Crippen molar-refractivity contribution in [1.82, 2.24) is 31.1 Å². The van der Waals surface area contributed by atoms with Gasteiger partial charge in [-0.25, -0.2) is 0 Å². The van der Waals surface area contributed by atoms with Crippen molar-refractivity contribution in [3.8, 4) is 0 Å². The molecule has 6 nitrogen and oxygen atoms in total. The first-order chi connectivity index (χ1) is 8.24. The normalized spacial score (nSPS) is 22.4. The van der Waals surface area contributed by atoms with Crippen molar-refractivity contribution in [1.29, 1.82) is 0 Å². The summed E-state index contributed by atoms with van der Waals surface area (Å²) in [7, 11) is 0. The average Bonchev–Trinajstić information content (AvgIpc) is 2.34. The fraction of sp³-hybridized carbons (Fsp3) is 0.778. The predicted octanol–water partition coefficient (Wildman–Crippen LogP) is -1.23. The zero-order valence-corrected chi connectivity index (χ0v) is 11.3. The second-order valence-corrected chi connectivity index (χ2v) is 4.96. The van der Waals surface area contributed by atoms with Crippen molar-refractivity contribution in [3.63, 3.8) is 0 Å². The molecule has 2 rings (SSSR count). The number of hydrogen-bond donors (Lipinski definition) is 4. The third kappa shape index (κ3) is 4.23. The molecular weight excluding hydrogens is 256 g/mol. The summed E-state index contributed by atoms with van der Waals surface area (Å²) in [6.07, 6.45) is 1.13. The molecule has 0 aromatic rings. The average molecular weight is 274 g/mol. The van der Waals surface area contributed by atoms with Gasteiger partial charge in [0, 0.05) is 13.1 Å². The number of nitrogens with zero attached hydrogens (tertiary/aromatic N) is 2. The zero-order chi connectivity index (χ0) is 12.1. The maximum absolute atomic E-state index is 5.00. The smallest absolute Gasteiger partial charge is 0.168 e. The summed E-state index contributed by atoms with van der Waals surface area (Å²) in [5.41, 5.74) is 0. The maximum atomic E-state index is 5.00. The fourth-order valence-electron chi connectivity index (χ4n) is 1.81. The van der Waals surface area contributed by atoms with Gasteiger partial charge in [-0.1, -0.05) is 0 Å². The Morgan fingerprint density at radius 1 is 0.765 bits per heavy atom. The topological polar surface area (TPSA) is 54.6 Å². The van der Waals surface area contributed by atoms with Gasteiger partial charge in [-0.3, -0.25) is 9.80 Å². The summed E-state index contributed by atoms with van der Waals surface area (Å²) >= 11 is 10.00. The Hall–Kier alpha value is -0.700. The minimum absolute atomic E-state index is 0.749. The summed E-state index contributed by atoms with van der Waals surface area (Å²) in [6.45, 7) is 5.48. The molecule has 2 saturated heterocycles. The van der Waals surface area contributed by atoms with Gasteiger partial charge in [0.2, 0.25) is 0 Å². The van der Waals surface area contributed by atoms with Crippen LogP contribution < -0.4 is 21.3 Å². The third-order valence-electron chi connectivity index (χ3n) is 2.80. The summed E-state index contributed by atoms with van der Waals surface area (Å²) in [5, 5.41) is 14.0. The molecule has 0 radical (unpaired) electrons. The van der Waals surface area contributed by atoms with E-state index in [2.05, 4.69) is 31.1 Å². The highest BCUT2D eigenvalue weighted by molar-refractivity contribution is 7.80. The van der Waals surface area contributed by atoms with Gasteiger partial charge in [0.1, 0.15) is 0 Å². The first-order valence-corrected chi connectivity index (χ1v) is 6.54. The first kappa shape index (κ1) is 12.7. The lowest BCUT2D eigenvalue weighted by Crippen LogP contribution is -2.55. The quantitative estimate of drug-likeness (QED) is 0.475. The molecule has 0 spiro atoms. The standard InChI is InChI=1S/C9H18N6S2/c16-8-10-4-14(5-11-8)2-1-3-15-6-12-9(17)13-7-15/h1-7H2,(H2,10,11,16)(H2,12,13,17). The van der Waals surface area contributed by atoms with Crippen LogP contribution in [0.2, 0.25) is 0 Å². The van der Waals surface area contributed by atoms with Crippen molar-refractivity contribution in [2.45, 2.75) is 6.42 Å². The summed E-state index contributed by atoms with van der Waals surface area (Å²) in [6, 6.07) is 0. The molecule has 96 valence electrons. The first-order valence-electron chi connectivity index (χ1n) is 5.72. The summed E-state index contributed by atoms with van der Waals surface area (Å²) in [4.78, 5) is 4.59. The summed E-state index contributed by atoms with van der Waals surface area (Å²) < 4.78 is 0. The molecule has 0 unspecified atom stereocenters. The van der Waals surface area contributed by atoms with Crippen LogP contribution in [0.1, 0.15) is 6.42 Å². The van der Waals surface area contributed by atoms with Crippen LogP contribution in [0, 0.1) is 0 Å². The highest BCUT2D eigenvalue weighted by atomic mass is 32.1. The van der Waals surface area contributed by atoms with Crippen molar-refractivity contribution >= 4 is 34.7 Å². The van der Waals surface area contributed by atoms with Gasteiger partial charge in [0.05, 0.1) is 26.7 Å². The number of rotatable bonds is 4. The highest BCUT2D eigenvalue weighted by Gasteiger charge is 2.14. The molecule has 0 bridgehead atoms. The van der Waals surface area contributed by atoms with E-state index in [4.69, 9.17) is 24.4 Å². The van der Waals surface area contributed by atoms with Crippen LogP contribution in [0.4, 0.5) is 0 Å². The lowest BCUT2D eigenvalue weighted by molar-refractivity contribution is 0.200. The summed E-state index contributed by atoms with van der Waals surface area (Å²) in [5.74, 6) is 0. The van der Waals surface area contributed by atoms with Crippen LogP contribution in [0.25, 0.3) is 0 Å². The molecule has 2 aliphatic rings. The lowest BCUT2D eigenvalue weighted by atomic mass is 10.3. The van der Waals surface area contributed by atoms with Crippen molar-refractivity contribution in [3.05, 3.63) is 0 Å². The molecule has 2 heterocycles. The van der Waals surface area contributed by atoms with E-state index in [9.17, 15) is 0 Å². The Labute approximate surface area is 112 Å². The molecule has 2 aliphatic heterocycles. The lowest BCUT2D eigenvalue weighted by Gasteiger charge is -2.32. The van der Waals surface area contributed by atoms with Crippen LogP contribution >= 0.6 is 24.4 Å². The molecule has 0 atom stereocenters. The van der Waals surface area contributed by atoms with Crippen LogP contribution in [0.15, 0.2) is 0 Å². The number of nitrogens with one attached hydrogen (secondary N) is 4. The van der Waals surface area contributed by atoms with Crippen molar-refractivity contribution < 1.29 is 0 Å². The van der Waals surface area contributed by atoms with Crippen molar-refractivity contribution in [2.24, 2.45) is 0 Å². The number of hydrogen-bond acceptors (Lipinski definition) is 4. The van der Waals surface area contributed by atoms with Crippen molar-refractivity contribution in [2.75, 3.05) is 39.8 Å². The van der Waals surface area contributed by atoms with E-state index < -0.39 is 0 Å². The number of thiocarbonyl (C=S) groups is 2. The molecule has 2 fully saturated rings. The van der Waals surface area contributed by atoms with E-state index in [0.717, 1.165) is 56.4 Å². The fourth-order valence-corrected chi connectivity index (χ4v) is 2.06. The van der Waals surface area contributed by atoms with E-state index in [-0.39, 0.29) is 0 Å². The SMILES string of the molecule is S=C1NCN(CCCN2CNC(=S)NC2)CN1. The van der Waals surface area contributed by atoms with Gasteiger partial charge < -0.3 is 21.3 Å². The van der Waals surface area contributed by atoms with E-state index >= 15 is 0 Å². The van der Waals surface area contributed by atoms with Crippen LogP contribution in [-0.2, 0) is 0 Å². The minimum Gasteiger partial charge on any atom is -0.350 e. The van der Waals surface area contributed by atoms with Gasteiger partial charge in [-0.15, -0.1) is 0 Å². The third-order valence-corrected chi connectivity index (χ3v) is 3.38. The maximum Gasteiger partial charge on any atom is 0.168 e. The largest absolute Gasteiger partial charge is 0.350 e.